The summed E-state index contributed by atoms with van der Waals surface area (Å²) in [7, 11) is -8.09. The molecule has 0 unspecified atom stereocenters. The van der Waals surface area contributed by atoms with Crippen LogP contribution in [0.15, 0.2) is 132 Å². The number of anilines is 4. The first-order chi connectivity index (χ1) is 30.4. The van der Waals surface area contributed by atoms with E-state index in [1.807, 2.05) is 41.5 Å². The van der Waals surface area contributed by atoms with E-state index in [4.69, 9.17) is 23.2 Å². The number of benzene rings is 4. The molecule has 0 radical (unpaired) electrons. The Labute approximate surface area is 400 Å². The Morgan fingerprint density at radius 3 is 1.31 bits per heavy atom. The normalized spacial score (nSPS) is 13.5. The van der Waals surface area contributed by atoms with Gasteiger partial charge in [-0.05, 0) is 88.7 Å². The number of nitrogens with zero attached hydrogens (tertiary/aromatic N) is 4. The third-order valence-electron chi connectivity index (χ3n) is 10.4. The summed E-state index contributed by atoms with van der Waals surface area (Å²) in [5, 5.41) is 11.7. The van der Waals surface area contributed by atoms with Crippen LogP contribution in [0.5, 0.6) is 0 Å². The van der Waals surface area contributed by atoms with Gasteiger partial charge in [0, 0.05) is 12.3 Å². The Morgan fingerprint density at radius 2 is 0.940 bits per heavy atom. The fourth-order valence-corrected chi connectivity index (χ4v) is 9.64. The van der Waals surface area contributed by atoms with Crippen LogP contribution in [0.2, 0.25) is 10.0 Å². The van der Waals surface area contributed by atoms with Crippen molar-refractivity contribution in [3.8, 4) is 0 Å². The van der Waals surface area contributed by atoms with Gasteiger partial charge in [-0.3, -0.25) is 33.6 Å². The molecule has 2 N–H and O–H groups in total. The maximum Gasteiger partial charge on any atom is 0.268 e. The first-order valence-electron chi connectivity index (χ1n) is 19.7. The van der Waals surface area contributed by atoms with Crippen molar-refractivity contribution in [3.05, 3.63) is 170 Å². The van der Waals surface area contributed by atoms with Crippen LogP contribution in [0.1, 0.15) is 109 Å². The Morgan fingerprint density at radius 1 is 0.552 bits per heavy atom. The zero-order valence-electron chi connectivity index (χ0n) is 35.6. The Hall–Kier alpha value is -6.66. The minimum Gasteiger partial charge on any atom is -0.619 e. The minimum absolute atomic E-state index is 0. The van der Waals surface area contributed by atoms with Crippen LogP contribution in [0.4, 0.5) is 22.7 Å². The molecule has 0 saturated heterocycles. The largest absolute Gasteiger partial charge is 0.619 e. The molecule has 2 aliphatic rings. The topological polar surface area (TPSA) is 207 Å². The van der Waals surface area contributed by atoms with E-state index in [9.17, 15) is 41.2 Å². The van der Waals surface area contributed by atoms with Crippen LogP contribution in [0.25, 0.3) is 0 Å². The highest BCUT2D eigenvalue weighted by atomic mass is 35.5. The van der Waals surface area contributed by atoms with Crippen molar-refractivity contribution < 1.29 is 40.7 Å². The van der Waals surface area contributed by atoms with Gasteiger partial charge in [-0.15, -0.1) is 0 Å². The molecular weight excluding hydrogens is 940 g/mol. The fraction of sp³-hybridized carbons (Fsp3) is 0.208. The maximum atomic E-state index is 13.2. The minimum atomic E-state index is -4.07. The molecule has 19 heteroatoms. The fourth-order valence-electron chi connectivity index (χ4n) is 7.02. The van der Waals surface area contributed by atoms with Gasteiger partial charge in [-0.2, -0.15) is 4.73 Å². The van der Waals surface area contributed by atoms with Crippen molar-refractivity contribution in [1.29, 1.82) is 0 Å². The highest BCUT2D eigenvalue weighted by Gasteiger charge is 2.43. The van der Waals surface area contributed by atoms with E-state index in [0.29, 0.717) is 4.73 Å². The third kappa shape index (κ3) is 10.0. The number of pyridine rings is 2. The van der Waals surface area contributed by atoms with Crippen molar-refractivity contribution in [2.24, 2.45) is 0 Å². The van der Waals surface area contributed by atoms with Gasteiger partial charge in [0.2, 0.25) is 6.20 Å². The first kappa shape index (κ1) is 51.3. The van der Waals surface area contributed by atoms with Crippen LogP contribution in [-0.2, 0) is 30.9 Å². The molecule has 67 heavy (non-hydrogen) atoms. The smallest absolute Gasteiger partial charge is 0.268 e. The van der Waals surface area contributed by atoms with E-state index in [-0.39, 0.29) is 90.5 Å². The number of imide groups is 2. The third-order valence-corrected chi connectivity index (χ3v) is 13.8. The summed E-state index contributed by atoms with van der Waals surface area (Å²) < 4.78 is 57.4. The zero-order chi connectivity index (χ0) is 47.4. The van der Waals surface area contributed by atoms with Crippen molar-refractivity contribution in [2.45, 2.75) is 77.0 Å². The van der Waals surface area contributed by atoms with Gasteiger partial charge in [0.05, 0.1) is 65.3 Å². The molecular formula is C48H48Cl2N6O9S2. The number of fused-ring (bicyclic) bond motifs is 2. The molecule has 0 aliphatic carbocycles. The molecule has 4 heterocycles. The second-order valence-corrected chi connectivity index (χ2v) is 21.2. The molecule has 0 bridgehead atoms. The lowest BCUT2D eigenvalue weighted by molar-refractivity contribution is -0.604. The van der Waals surface area contributed by atoms with Gasteiger partial charge in [0.25, 0.3) is 43.7 Å². The number of hydrogen-bond donors (Lipinski definition) is 2. The van der Waals surface area contributed by atoms with E-state index in [2.05, 4.69) is 14.4 Å². The molecule has 350 valence electrons. The van der Waals surface area contributed by atoms with Gasteiger partial charge in [0.15, 0.2) is 6.20 Å². The molecule has 15 nitrogen and oxygen atoms in total. The van der Waals surface area contributed by atoms with Crippen LogP contribution in [0.3, 0.4) is 0 Å². The predicted molar refractivity (Wildman–Crippen MR) is 260 cm³/mol. The summed E-state index contributed by atoms with van der Waals surface area (Å²) in [4.78, 5) is 58.0. The summed E-state index contributed by atoms with van der Waals surface area (Å²) >= 11 is 12.4. The molecule has 2 aliphatic heterocycles. The lowest BCUT2D eigenvalue weighted by Gasteiger charge is -2.19. The Kier molecular flexibility index (Phi) is 14.5. The number of carbonyl (C=O) groups is 4. The molecule has 6 aromatic rings. The highest BCUT2D eigenvalue weighted by Crippen LogP contribution is 2.39. The molecule has 4 aromatic carbocycles. The van der Waals surface area contributed by atoms with E-state index in [1.54, 1.807) is 36.4 Å². The molecule has 8 rings (SSSR count). The van der Waals surface area contributed by atoms with Gasteiger partial charge < -0.3 is 5.21 Å². The Balaban J connectivity index is 0.000000244. The second-order valence-electron chi connectivity index (χ2n) is 17.0. The summed E-state index contributed by atoms with van der Waals surface area (Å²) in [6.07, 6.45) is 5.16. The quantitative estimate of drug-likeness (QED) is 0.0838. The summed E-state index contributed by atoms with van der Waals surface area (Å²) in [5.74, 6) is -2.86. The number of amides is 4. The molecule has 0 saturated carbocycles. The van der Waals surface area contributed by atoms with Crippen LogP contribution in [-0.4, -0.2) is 45.4 Å². The second kappa shape index (κ2) is 18.9. The molecule has 2 aromatic heterocycles. The average molecular weight is 988 g/mol. The van der Waals surface area contributed by atoms with Crippen molar-refractivity contribution in [1.82, 2.24) is 4.98 Å². The monoisotopic (exact) mass is 986 g/mol. The van der Waals surface area contributed by atoms with E-state index < -0.39 is 43.7 Å². The number of carbonyl (C=O) groups excluding carboxylic acids is 4. The predicted octanol–water partition coefficient (Wildman–Crippen LogP) is 9.78. The van der Waals surface area contributed by atoms with E-state index >= 15 is 0 Å². The lowest BCUT2D eigenvalue weighted by atomic mass is 9.87. The molecule has 0 fully saturated rings. The number of halogens is 2. The summed E-state index contributed by atoms with van der Waals surface area (Å²) in [5.41, 5.74) is 1.41. The van der Waals surface area contributed by atoms with Crippen LogP contribution >= 0.6 is 23.2 Å². The van der Waals surface area contributed by atoms with Crippen LogP contribution in [0, 0.1) is 5.21 Å². The van der Waals surface area contributed by atoms with Gasteiger partial charge in [-0.25, -0.2) is 26.6 Å². The SMILES string of the molecule is C.C.CC(C)(C)c1ccc(S(=O)(=O)Nc2ccc(Cl)c3c2C(=O)N(c2ccc[n+]([O-])c2)C3=O)cc1.CC(C)(C)c1ccc(S(=O)(=O)Nc2ccc(Cl)c3c2C(=O)N(c2cccnc2)C3=O)cc1. The molecule has 0 atom stereocenters. The summed E-state index contributed by atoms with van der Waals surface area (Å²) in [6, 6.07) is 24.3. The number of nitrogens with one attached hydrogen (secondary N) is 2. The standard InChI is InChI=1S/C23H20ClN3O5S.C23H20ClN3O4S.2CH4/c1-23(2,3)14-6-8-16(9-7-14)33(31,32)25-18-11-10-17(24)19-20(18)22(29)27(21(19)28)15-5-4-12-26(30)13-15;1-23(2,3)14-6-8-16(9-7-14)32(30,31)26-18-11-10-17(24)19-20(18)22(29)27(21(19)28)15-5-4-12-25-13-15;;/h4-13,25H,1-3H3;4-13,26H,1-3H3;2*1H4. The average Bonchev–Trinajstić information content (AvgIpc) is 3.68. The van der Waals surface area contributed by atoms with Crippen LogP contribution < -0.4 is 24.0 Å². The number of hydrogen-bond acceptors (Lipinski definition) is 10. The Bertz CT molecular complexity index is 3160. The molecule has 4 amide bonds. The lowest BCUT2D eigenvalue weighted by Crippen LogP contribution is -2.33. The van der Waals surface area contributed by atoms with Crippen molar-refractivity contribution >= 4 is 89.6 Å². The zero-order valence-corrected chi connectivity index (χ0v) is 38.7. The van der Waals surface area contributed by atoms with Gasteiger partial charge >= 0.3 is 0 Å². The van der Waals surface area contributed by atoms with E-state index in [0.717, 1.165) is 27.1 Å². The maximum absolute atomic E-state index is 13.2. The molecule has 0 spiro atoms. The first-order valence-corrected chi connectivity index (χ1v) is 23.4. The number of rotatable bonds is 8. The van der Waals surface area contributed by atoms with Crippen molar-refractivity contribution in [2.75, 3.05) is 19.2 Å². The number of sulfonamides is 2. The van der Waals surface area contributed by atoms with Gasteiger partial charge in [0.1, 0.15) is 5.69 Å². The summed E-state index contributed by atoms with van der Waals surface area (Å²) in [6.45, 7) is 12.1. The van der Waals surface area contributed by atoms with E-state index in [1.165, 1.54) is 79.3 Å². The van der Waals surface area contributed by atoms with Crippen molar-refractivity contribution in [3.63, 3.8) is 0 Å². The highest BCUT2D eigenvalue weighted by molar-refractivity contribution is 7.93. The van der Waals surface area contributed by atoms with Gasteiger partial charge in [-0.1, -0.05) is 104 Å². The number of aromatic nitrogens is 2.